The minimum absolute atomic E-state index is 0.0373. The molecule has 5 heteroatoms. The number of carbonyl (C=O) groups is 2. The van der Waals surface area contributed by atoms with Crippen LogP contribution in [0.25, 0.3) is 0 Å². The van der Waals surface area contributed by atoms with Crippen LogP contribution in [-0.2, 0) is 9.53 Å². The Morgan fingerprint density at radius 1 is 1.11 bits per heavy atom. The predicted molar refractivity (Wildman–Crippen MR) is 107 cm³/mol. The number of ether oxygens (including phenoxy) is 3. The summed E-state index contributed by atoms with van der Waals surface area (Å²) in [6.07, 6.45) is 1.07. The van der Waals surface area contributed by atoms with E-state index in [-0.39, 0.29) is 23.0 Å². The Bertz CT molecular complexity index is 779. The minimum atomic E-state index is -0.553. The quantitative estimate of drug-likeness (QED) is 0.676. The zero-order chi connectivity index (χ0) is 20.8. The molecule has 0 amide bonds. The first-order chi connectivity index (χ1) is 13.1. The fourth-order valence-electron chi connectivity index (χ4n) is 4.71. The van der Waals surface area contributed by atoms with Crippen LogP contribution in [0, 0.1) is 29.1 Å². The van der Waals surface area contributed by atoms with Gasteiger partial charge in [0.05, 0.1) is 20.1 Å². The van der Waals surface area contributed by atoms with E-state index in [1.54, 1.807) is 6.07 Å². The summed E-state index contributed by atoms with van der Waals surface area (Å²) >= 11 is 0. The third-order valence-electron chi connectivity index (χ3n) is 7.26. The standard InChI is InChI=1S/C23H32O5/c1-12(2)23(4,5)14-10-13(3)19(24)16(11-14)20-15-8-9-17(26-6)21(27-7)18(15)22(25)28-20/h8-9,12-14,16,20H,10-11H2,1-7H3/t13-,14-,16-,20-/m0/s1. The van der Waals surface area contributed by atoms with Gasteiger partial charge in [0.15, 0.2) is 11.5 Å². The Balaban J connectivity index is 2.00. The normalized spacial score (nSPS) is 27.6. The summed E-state index contributed by atoms with van der Waals surface area (Å²) in [4.78, 5) is 25.8. The zero-order valence-corrected chi connectivity index (χ0v) is 18.0. The van der Waals surface area contributed by atoms with Gasteiger partial charge in [0.25, 0.3) is 0 Å². The molecule has 1 aliphatic carbocycles. The highest BCUT2D eigenvalue weighted by Gasteiger charge is 2.49. The van der Waals surface area contributed by atoms with Crippen LogP contribution in [-0.4, -0.2) is 26.0 Å². The lowest BCUT2D eigenvalue weighted by Crippen LogP contribution is -2.42. The Morgan fingerprint density at radius 3 is 2.36 bits per heavy atom. The molecule has 1 saturated carbocycles. The molecule has 0 spiro atoms. The van der Waals surface area contributed by atoms with Crippen molar-refractivity contribution in [3.05, 3.63) is 23.3 Å². The van der Waals surface area contributed by atoms with E-state index in [1.165, 1.54) is 14.2 Å². The molecular formula is C23H32O5. The van der Waals surface area contributed by atoms with Gasteiger partial charge >= 0.3 is 5.97 Å². The van der Waals surface area contributed by atoms with Crippen LogP contribution in [0.2, 0.25) is 0 Å². The number of esters is 1. The summed E-state index contributed by atoms with van der Waals surface area (Å²) in [5, 5.41) is 0. The largest absolute Gasteiger partial charge is 0.493 e. The second kappa shape index (κ2) is 7.41. The van der Waals surface area contributed by atoms with E-state index in [9.17, 15) is 9.59 Å². The number of benzene rings is 1. The van der Waals surface area contributed by atoms with Crippen LogP contribution in [0.1, 0.15) is 69.5 Å². The fourth-order valence-corrected chi connectivity index (χ4v) is 4.71. The van der Waals surface area contributed by atoms with Crippen LogP contribution in [0.4, 0.5) is 0 Å². The maximum atomic E-state index is 13.1. The number of ketones is 1. The lowest BCUT2D eigenvalue weighted by atomic mass is 9.60. The summed E-state index contributed by atoms with van der Waals surface area (Å²) in [7, 11) is 3.04. The van der Waals surface area contributed by atoms with E-state index in [2.05, 4.69) is 27.7 Å². The molecule has 1 heterocycles. The first kappa shape index (κ1) is 20.7. The Labute approximate surface area is 167 Å². The van der Waals surface area contributed by atoms with Gasteiger partial charge in [-0.05, 0) is 36.2 Å². The molecule has 2 aliphatic rings. The highest BCUT2D eigenvalue weighted by Crippen LogP contribution is 2.52. The van der Waals surface area contributed by atoms with Crippen LogP contribution in [0.3, 0.4) is 0 Å². The van der Waals surface area contributed by atoms with Gasteiger partial charge < -0.3 is 14.2 Å². The van der Waals surface area contributed by atoms with Crippen molar-refractivity contribution in [3.8, 4) is 11.5 Å². The van der Waals surface area contributed by atoms with Crippen molar-refractivity contribution in [1.82, 2.24) is 0 Å². The molecule has 154 valence electrons. The number of methoxy groups -OCH3 is 2. The molecule has 1 aromatic rings. The number of fused-ring (bicyclic) bond motifs is 1. The molecule has 5 nitrogen and oxygen atoms in total. The maximum absolute atomic E-state index is 13.1. The number of hydrogen-bond donors (Lipinski definition) is 0. The fraction of sp³-hybridized carbons (Fsp3) is 0.652. The summed E-state index contributed by atoms with van der Waals surface area (Å²) in [6, 6.07) is 3.61. The van der Waals surface area contributed by atoms with Crippen molar-refractivity contribution in [2.24, 2.45) is 29.1 Å². The number of carbonyl (C=O) groups excluding carboxylic acids is 2. The molecule has 0 aromatic heterocycles. The van der Waals surface area contributed by atoms with E-state index in [0.717, 1.165) is 18.4 Å². The Morgan fingerprint density at radius 2 is 1.79 bits per heavy atom. The van der Waals surface area contributed by atoms with Crippen molar-refractivity contribution in [3.63, 3.8) is 0 Å². The highest BCUT2D eigenvalue weighted by molar-refractivity contribution is 5.99. The van der Waals surface area contributed by atoms with E-state index in [1.807, 2.05) is 13.0 Å². The first-order valence-corrected chi connectivity index (χ1v) is 10.1. The van der Waals surface area contributed by atoms with Crippen LogP contribution >= 0.6 is 0 Å². The average Bonchev–Trinajstić information content (AvgIpc) is 2.99. The van der Waals surface area contributed by atoms with Crippen LogP contribution < -0.4 is 9.47 Å². The molecule has 1 aromatic carbocycles. The summed E-state index contributed by atoms with van der Waals surface area (Å²) < 4.78 is 16.5. The van der Waals surface area contributed by atoms with Gasteiger partial charge in [-0.25, -0.2) is 4.79 Å². The Hall–Kier alpha value is -2.04. The van der Waals surface area contributed by atoms with Crippen LogP contribution in [0.15, 0.2) is 12.1 Å². The van der Waals surface area contributed by atoms with Crippen molar-refractivity contribution in [1.29, 1.82) is 0 Å². The molecular weight excluding hydrogens is 356 g/mol. The highest BCUT2D eigenvalue weighted by atomic mass is 16.6. The molecule has 0 saturated heterocycles. The molecule has 4 atom stereocenters. The monoisotopic (exact) mass is 388 g/mol. The number of hydrogen-bond acceptors (Lipinski definition) is 5. The van der Waals surface area contributed by atoms with Gasteiger partial charge in [0.1, 0.15) is 17.5 Å². The third-order valence-corrected chi connectivity index (χ3v) is 7.26. The second-order valence-corrected chi connectivity index (χ2v) is 9.15. The average molecular weight is 389 g/mol. The lowest BCUT2D eigenvalue weighted by molar-refractivity contribution is -0.136. The predicted octanol–water partition coefficient (Wildman–Crippen LogP) is 4.83. The molecule has 0 bridgehead atoms. The van der Waals surface area contributed by atoms with Gasteiger partial charge in [0.2, 0.25) is 0 Å². The van der Waals surface area contributed by atoms with Crippen molar-refractivity contribution in [2.45, 2.75) is 53.6 Å². The van der Waals surface area contributed by atoms with Crippen LogP contribution in [0.5, 0.6) is 11.5 Å². The second-order valence-electron chi connectivity index (χ2n) is 9.15. The molecule has 0 unspecified atom stereocenters. The van der Waals surface area contributed by atoms with Gasteiger partial charge in [0, 0.05) is 11.5 Å². The minimum Gasteiger partial charge on any atom is -0.493 e. The van der Waals surface area contributed by atoms with E-state index in [4.69, 9.17) is 14.2 Å². The van der Waals surface area contributed by atoms with Crippen molar-refractivity contribution >= 4 is 11.8 Å². The zero-order valence-electron chi connectivity index (χ0n) is 18.0. The van der Waals surface area contributed by atoms with Crippen molar-refractivity contribution < 1.29 is 23.8 Å². The number of cyclic esters (lactones) is 1. The van der Waals surface area contributed by atoms with Gasteiger partial charge in [-0.3, -0.25) is 4.79 Å². The summed E-state index contributed by atoms with van der Waals surface area (Å²) in [6.45, 7) is 11.0. The molecule has 1 fully saturated rings. The summed E-state index contributed by atoms with van der Waals surface area (Å²) in [5.74, 6) is 1.15. The van der Waals surface area contributed by atoms with Crippen molar-refractivity contribution in [2.75, 3.05) is 14.2 Å². The van der Waals surface area contributed by atoms with Gasteiger partial charge in [-0.1, -0.05) is 40.7 Å². The lowest BCUT2D eigenvalue weighted by Gasteiger charge is -2.45. The van der Waals surface area contributed by atoms with E-state index < -0.39 is 12.1 Å². The van der Waals surface area contributed by atoms with E-state index >= 15 is 0 Å². The first-order valence-electron chi connectivity index (χ1n) is 10.1. The molecule has 0 radical (unpaired) electrons. The maximum Gasteiger partial charge on any atom is 0.343 e. The molecule has 1 aliphatic heterocycles. The SMILES string of the molecule is COc1ccc2c(c1OC)C(=O)O[C@@H]2[C@H]1C[C@@H](C(C)(C)C(C)C)C[C@H](C)C1=O. The molecule has 28 heavy (non-hydrogen) atoms. The topological polar surface area (TPSA) is 61.8 Å². The molecule has 3 rings (SSSR count). The molecule has 0 N–H and O–H groups in total. The Kier molecular flexibility index (Phi) is 5.48. The smallest absolute Gasteiger partial charge is 0.343 e. The van der Waals surface area contributed by atoms with E-state index in [0.29, 0.717) is 28.9 Å². The number of Topliss-reactive ketones (excluding diaryl/α,β-unsaturated/α-hetero) is 1. The van der Waals surface area contributed by atoms with Gasteiger partial charge in [-0.15, -0.1) is 0 Å². The van der Waals surface area contributed by atoms with Gasteiger partial charge in [-0.2, -0.15) is 0 Å². The summed E-state index contributed by atoms with van der Waals surface area (Å²) in [5.41, 5.74) is 1.23. The number of rotatable bonds is 5. The third kappa shape index (κ3) is 3.19.